The maximum Gasteiger partial charge on any atom is 0.471 e. The van der Waals surface area contributed by atoms with Crippen molar-refractivity contribution in [3.05, 3.63) is 35.7 Å². The number of hydrogen-bond acceptors (Lipinski definition) is 6. The number of ether oxygens (including phenoxy) is 2. The maximum atomic E-state index is 12.4. The van der Waals surface area contributed by atoms with Gasteiger partial charge in [0.2, 0.25) is 5.82 Å². The average Bonchev–Trinajstić information content (AvgIpc) is 3.18. The number of carbonyl (C=O) groups is 1. The lowest BCUT2D eigenvalue weighted by Gasteiger charge is -2.09. The summed E-state index contributed by atoms with van der Waals surface area (Å²) in [5.74, 6) is -2.14. The van der Waals surface area contributed by atoms with Crippen LogP contribution in [0.1, 0.15) is 22.7 Å². The zero-order valence-corrected chi connectivity index (χ0v) is 11.7. The van der Waals surface area contributed by atoms with Crippen molar-refractivity contribution in [2.24, 2.45) is 0 Å². The van der Waals surface area contributed by atoms with Gasteiger partial charge in [0.05, 0.1) is 18.8 Å². The van der Waals surface area contributed by atoms with Crippen molar-refractivity contribution < 1.29 is 32.0 Å². The molecule has 1 fully saturated rings. The number of benzene rings is 1. The first kappa shape index (κ1) is 15.5. The second-order valence-corrected chi connectivity index (χ2v) is 4.89. The molecule has 0 N–H and O–H groups in total. The number of hydrogen-bond donors (Lipinski definition) is 0. The molecule has 3 rings (SSSR count). The van der Waals surface area contributed by atoms with E-state index in [1.54, 1.807) is 0 Å². The fourth-order valence-electron chi connectivity index (χ4n) is 2.04. The molecule has 1 saturated heterocycles. The Morgan fingerprint density at radius 2 is 2.00 bits per heavy atom. The van der Waals surface area contributed by atoms with Gasteiger partial charge in [0.1, 0.15) is 6.10 Å². The first-order valence-corrected chi connectivity index (χ1v) is 6.73. The van der Waals surface area contributed by atoms with Crippen LogP contribution in [0.15, 0.2) is 28.8 Å². The molecular formula is C14H11F3N2O4. The topological polar surface area (TPSA) is 74.5 Å². The summed E-state index contributed by atoms with van der Waals surface area (Å²) in [6.07, 6.45) is -4.32. The quantitative estimate of drug-likeness (QED) is 0.807. The lowest BCUT2D eigenvalue weighted by Crippen LogP contribution is -2.17. The van der Waals surface area contributed by atoms with Crippen LogP contribution in [0.3, 0.4) is 0 Å². The fourth-order valence-corrected chi connectivity index (χ4v) is 2.04. The van der Waals surface area contributed by atoms with E-state index in [0.717, 1.165) is 0 Å². The Labute approximate surface area is 128 Å². The van der Waals surface area contributed by atoms with Gasteiger partial charge in [-0.1, -0.05) is 17.3 Å². The number of esters is 1. The predicted octanol–water partition coefficient (Wildman–Crippen LogP) is 2.70. The molecule has 23 heavy (non-hydrogen) atoms. The van der Waals surface area contributed by atoms with Crippen molar-refractivity contribution in [2.45, 2.75) is 18.7 Å². The highest BCUT2D eigenvalue weighted by Gasteiger charge is 2.38. The van der Waals surface area contributed by atoms with Gasteiger partial charge in [0.15, 0.2) is 0 Å². The third-order valence-corrected chi connectivity index (χ3v) is 3.21. The summed E-state index contributed by atoms with van der Waals surface area (Å²) in [7, 11) is 0. The molecule has 0 radical (unpaired) electrons. The zero-order chi connectivity index (χ0) is 16.4. The molecule has 1 aliphatic rings. The molecule has 122 valence electrons. The van der Waals surface area contributed by atoms with Crippen LogP contribution in [0, 0.1) is 0 Å². The summed E-state index contributed by atoms with van der Waals surface area (Å²) in [5, 5.41) is 3.27. The molecule has 1 atom stereocenters. The summed E-state index contributed by atoms with van der Waals surface area (Å²) < 4.78 is 51.7. The number of aromatic nitrogens is 2. The zero-order valence-electron chi connectivity index (χ0n) is 11.7. The molecule has 1 aromatic heterocycles. The van der Waals surface area contributed by atoms with E-state index >= 15 is 0 Å². The van der Waals surface area contributed by atoms with Crippen LogP contribution in [-0.2, 0) is 15.7 Å². The number of rotatable bonds is 3. The first-order chi connectivity index (χ1) is 10.9. The summed E-state index contributed by atoms with van der Waals surface area (Å²) in [6, 6.07) is 5.70. The van der Waals surface area contributed by atoms with Gasteiger partial charge in [-0.25, -0.2) is 4.79 Å². The molecule has 0 aliphatic carbocycles. The molecule has 1 aliphatic heterocycles. The van der Waals surface area contributed by atoms with Gasteiger partial charge >= 0.3 is 18.0 Å². The molecule has 0 saturated carbocycles. The van der Waals surface area contributed by atoms with Gasteiger partial charge in [-0.3, -0.25) is 0 Å². The molecule has 6 nitrogen and oxygen atoms in total. The second-order valence-electron chi connectivity index (χ2n) is 4.89. The third-order valence-electron chi connectivity index (χ3n) is 3.21. The lowest BCUT2D eigenvalue weighted by molar-refractivity contribution is -0.159. The van der Waals surface area contributed by atoms with Crippen molar-refractivity contribution in [3.63, 3.8) is 0 Å². The van der Waals surface area contributed by atoms with E-state index < -0.39 is 18.0 Å². The average molecular weight is 328 g/mol. The summed E-state index contributed by atoms with van der Waals surface area (Å²) >= 11 is 0. The summed E-state index contributed by atoms with van der Waals surface area (Å²) in [4.78, 5) is 15.2. The largest absolute Gasteiger partial charge is 0.471 e. The van der Waals surface area contributed by atoms with Gasteiger partial charge < -0.3 is 14.0 Å². The van der Waals surface area contributed by atoms with Gasteiger partial charge in [-0.05, 0) is 12.1 Å². The molecule has 2 heterocycles. The van der Waals surface area contributed by atoms with Crippen LogP contribution in [0.2, 0.25) is 0 Å². The molecule has 2 aromatic rings. The van der Waals surface area contributed by atoms with E-state index in [4.69, 9.17) is 9.47 Å². The molecule has 0 bridgehead atoms. The Bertz CT molecular complexity index is 691. The minimum atomic E-state index is -4.70. The summed E-state index contributed by atoms with van der Waals surface area (Å²) in [5.41, 5.74) is 0.574. The van der Waals surface area contributed by atoms with E-state index in [2.05, 4.69) is 14.7 Å². The van der Waals surface area contributed by atoms with E-state index in [-0.39, 0.29) is 17.5 Å². The SMILES string of the molecule is O=C(O[C@H]1CCOC1)c1ccc(-c2noc(C(F)(F)F)n2)cc1. The molecule has 0 unspecified atom stereocenters. The van der Waals surface area contributed by atoms with E-state index in [0.29, 0.717) is 25.2 Å². The van der Waals surface area contributed by atoms with E-state index in [1.807, 2.05) is 0 Å². The maximum absolute atomic E-state index is 12.4. The number of halogens is 3. The molecule has 1 aromatic carbocycles. The number of alkyl halides is 3. The van der Waals surface area contributed by atoms with Crippen LogP contribution in [0.5, 0.6) is 0 Å². The van der Waals surface area contributed by atoms with E-state index in [9.17, 15) is 18.0 Å². The van der Waals surface area contributed by atoms with Crippen molar-refractivity contribution in [1.82, 2.24) is 10.1 Å². The van der Waals surface area contributed by atoms with Crippen LogP contribution in [0.4, 0.5) is 13.2 Å². The Morgan fingerprint density at radius 3 is 2.57 bits per heavy atom. The van der Waals surface area contributed by atoms with Gasteiger partial charge in [0, 0.05) is 12.0 Å². The van der Waals surface area contributed by atoms with Crippen molar-refractivity contribution >= 4 is 5.97 Å². The highest BCUT2D eigenvalue weighted by atomic mass is 19.4. The minimum Gasteiger partial charge on any atom is -0.456 e. The molecule has 0 spiro atoms. The minimum absolute atomic E-state index is 0.207. The Morgan fingerprint density at radius 1 is 1.26 bits per heavy atom. The first-order valence-electron chi connectivity index (χ1n) is 6.73. The van der Waals surface area contributed by atoms with Crippen LogP contribution in [-0.4, -0.2) is 35.4 Å². The number of nitrogens with zero attached hydrogens (tertiary/aromatic N) is 2. The standard InChI is InChI=1S/C14H11F3N2O4/c15-14(16,17)13-18-11(19-23-13)8-1-3-9(4-2-8)12(20)22-10-5-6-21-7-10/h1-4,10H,5-7H2/t10-/m0/s1. The second kappa shape index (κ2) is 5.99. The van der Waals surface area contributed by atoms with Crippen molar-refractivity contribution in [3.8, 4) is 11.4 Å². The highest BCUT2D eigenvalue weighted by Crippen LogP contribution is 2.29. The van der Waals surface area contributed by atoms with E-state index in [1.165, 1.54) is 24.3 Å². The van der Waals surface area contributed by atoms with Crippen molar-refractivity contribution in [1.29, 1.82) is 0 Å². The Kier molecular flexibility index (Phi) is 4.03. The smallest absolute Gasteiger partial charge is 0.456 e. The molecular weight excluding hydrogens is 317 g/mol. The van der Waals surface area contributed by atoms with Gasteiger partial charge in [-0.2, -0.15) is 18.2 Å². The lowest BCUT2D eigenvalue weighted by atomic mass is 10.1. The Hall–Kier alpha value is -2.42. The van der Waals surface area contributed by atoms with Crippen molar-refractivity contribution in [2.75, 3.05) is 13.2 Å². The summed E-state index contributed by atoms with van der Waals surface area (Å²) in [6.45, 7) is 0.920. The van der Waals surface area contributed by atoms with Gasteiger partial charge in [0.25, 0.3) is 0 Å². The monoisotopic (exact) mass is 328 g/mol. The van der Waals surface area contributed by atoms with Crippen LogP contribution >= 0.6 is 0 Å². The molecule has 0 amide bonds. The number of carbonyl (C=O) groups excluding carboxylic acids is 1. The fraction of sp³-hybridized carbons (Fsp3) is 0.357. The predicted molar refractivity (Wildman–Crippen MR) is 69.4 cm³/mol. The van der Waals surface area contributed by atoms with Crippen LogP contribution < -0.4 is 0 Å². The van der Waals surface area contributed by atoms with Crippen LogP contribution in [0.25, 0.3) is 11.4 Å². The third kappa shape index (κ3) is 3.50. The Balaban J connectivity index is 1.71. The normalized spacial score (nSPS) is 18.1. The molecule has 9 heteroatoms. The van der Waals surface area contributed by atoms with Gasteiger partial charge in [-0.15, -0.1) is 0 Å². The highest BCUT2D eigenvalue weighted by molar-refractivity contribution is 5.90.